The number of nitrogens with zero attached hydrogens (tertiary/aromatic N) is 1. The number of rotatable bonds is 3. The molecule has 0 radical (unpaired) electrons. The SMILES string of the molecule is C[C@@H]1CN([C@@H](C)C(=O)NC23CC4CC(CC(C4)C2)C3)C[C@H](C)O1. The Morgan fingerprint density at radius 1 is 1.04 bits per heavy atom. The summed E-state index contributed by atoms with van der Waals surface area (Å²) in [5, 5.41) is 3.53. The molecule has 0 aromatic carbocycles. The quantitative estimate of drug-likeness (QED) is 0.869. The van der Waals surface area contributed by atoms with Crippen molar-refractivity contribution in [3.63, 3.8) is 0 Å². The van der Waals surface area contributed by atoms with E-state index >= 15 is 0 Å². The molecule has 5 aliphatic rings. The number of nitrogens with one attached hydrogen (secondary N) is 1. The van der Waals surface area contributed by atoms with Gasteiger partial charge in [-0.1, -0.05) is 0 Å². The van der Waals surface area contributed by atoms with E-state index in [1.807, 2.05) is 0 Å². The van der Waals surface area contributed by atoms with Gasteiger partial charge in [-0.15, -0.1) is 0 Å². The fourth-order valence-corrected chi connectivity index (χ4v) is 6.33. The zero-order valence-corrected chi connectivity index (χ0v) is 14.9. The number of morpholine rings is 1. The maximum Gasteiger partial charge on any atom is 0.237 e. The van der Waals surface area contributed by atoms with E-state index < -0.39 is 0 Å². The third-order valence-corrected chi connectivity index (χ3v) is 6.80. The number of carbonyl (C=O) groups excluding carboxylic acids is 1. The molecule has 1 saturated heterocycles. The van der Waals surface area contributed by atoms with Gasteiger partial charge in [0.2, 0.25) is 5.91 Å². The number of amides is 1. The molecule has 1 aliphatic heterocycles. The van der Waals surface area contributed by atoms with Crippen LogP contribution in [0, 0.1) is 17.8 Å². The third-order valence-electron chi connectivity index (χ3n) is 6.80. The molecule has 5 rings (SSSR count). The maximum atomic E-state index is 12.9. The second-order valence-corrected chi connectivity index (χ2v) is 9.07. The zero-order chi connectivity index (χ0) is 16.2. The minimum Gasteiger partial charge on any atom is -0.373 e. The van der Waals surface area contributed by atoms with E-state index in [4.69, 9.17) is 4.74 Å². The molecule has 4 bridgehead atoms. The molecule has 1 N–H and O–H groups in total. The monoisotopic (exact) mass is 320 g/mol. The second kappa shape index (κ2) is 5.73. The summed E-state index contributed by atoms with van der Waals surface area (Å²) >= 11 is 0. The van der Waals surface area contributed by atoms with Gasteiger partial charge < -0.3 is 10.1 Å². The predicted octanol–water partition coefficient (Wildman–Crippen LogP) is 2.57. The van der Waals surface area contributed by atoms with Gasteiger partial charge >= 0.3 is 0 Å². The van der Waals surface area contributed by atoms with E-state index in [9.17, 15) is 4.79 Å². The van der Waals surface area contributed by atoms with Crippen molar-refractivity contribution in [2.24, 2.45) is 17.8 Å². The van der Waals surface area contributed by atoms with Crippen molar-refractivity contribution in [1.29, 1.82) is 0 Å². The van der Waals surface area contributed by atoms with E-state index in [0.717, 1.165) is 30.8 Å². The lowest BCUT2D eigenvalue weighted by molar-refractivity contribution is -0.137. The lowest BCUT2D eigenvalue weighted by atomic mass is 9.53. The van der Waals surface area contributed by atoms with Crippen LogP contribution >= 0.6 is 0 Å². The first-order chi connectivity index (χ1) is 10.9. The van der Waals surface area contributed by atoms with Crippen LogP contribution in [0.1, 0.15) is 59.3 Å². The van der Waals surface area contributed by atoms with E-state index in [1.165, 1.54) is 38.5 Å². The van der Waals surface area contributed by atoms with Crippen LogP contribution in [-0.4, -0.2) is 47.7 Å². The van der Waals surface area contributed by atoms with E-state index in [0.29, 0.717) is 0 Å². The molecule has 0 aromatic rings. The van der Waals surface area contributed by atoms with E-state index in [1.54, 1.807) is 0 Å². The van der Waals surface area contributed by atoms with Gasteiger partial charge in [-0.2, -0.15) is 0 Å². The summed E-state index contributed by atoms with van der Waals surface area (Å²) in [6, 6.07) is -0.0446. The molecule has 4 aliphatic carbocycles. The Kier molecular flexibility index (Phi) is 3.96. The average Bonchev–Trinajstić information content (AvgIpc) is 2.43. The Hall–Kier alpha value is -0.610. The van der Waals surface area contributed by atoms with Gasteiger partial charge in [-0.05, 0) is 77.0 Å². The number of hydrogen-bond acceptors (Lipinski definition) is 3. The van der Waals surface area contributed by atoms with E-state index in [2.05, 4.69) is 31.0 Å². The minimum atomic E-state index is -0.0446. The predicted molar refractivity (Wildman–Crippen MR) is 90.1 cm³/mol. The summed E-state index contributed by atoms with van der Waals surface area (Å²) in [5.74, 6) is 2.87. The fourth-order valence-electron chi connectivity index (χ4n) is 6.33. The summed E-state index contributed by atoms with van der Waals surface area (Å²) in [5.41, 5.74) is 0.129. The first kappa shape index (κ1) is 15.9. The van der Waals surface area contributed by atoms with Gasteiger partial charge in [0.05, 0.1) is 18.2 Å². The van der Waals surface area contributed by atoms with E-state index in [-0.39, 0.29) is 29.7 Å². The highest BCUT2D eigenvalue weighted by atomic mass is 16.5. The van der Waals surface area contributed by atoms with Gasteiger partial charge in [0.1, 0.15) is 0 Å². The molecule has 0 spiro atoms. The van der Waals surface area contributed by atoms with Crippen molar-refractivity contribution in [2.45, 2.75) is 83.1 Å². The van der Waals surface area contributed by atoms with Crippen LogP contribution in [0.2, 0.25) is 0 Å². The minimum absolute atomic E-state index is 0.0446. The molecule has 130 valence electrons. The van der Waals surface area contributed by atoms with Crippen molar-refractivity contribution >= 4 is 5.91 Å². The number of ether oxygens (including phenoxy) is 1. The van der Waals surface area contributed by atoms with Gasteiger partial charge in [0.25, 0.3) is 0 Å². The number of carbonyl (C=O) groups is 1. The van der Waals surface area contributed by atoms with Crippen LogP contribution in [0.25, 0.3) is 0 Å². The van der Waals surface area contributed by atoms with Gasteiger partial charge in [0, 0.05) is 18.6 Å². The largest absolute Gasteiger partial charge is 0.373 e. The molecule has 4 nitrogen and oxygen atoms in total. The Morgan fingerprint density at radius 2 is 1.52 bits per heavy atom. The zero-order valence-electron chi connectivity index (χ0n) is 14.9. The van der Waals surface area contributed by atoms with Crippen molar-refractivity contribution in [3.8, 4) is 0 Å². The average molecular weight is 320 g/mol. The third kappa shape index (κ3) is 3.05. The molecular weight excluding hydrogens is 288 g/mol. The highest BCUT2D eigenvalue weighted by Crippen LogP contribution is 2.55. The van der Waals surface area contributed by atoms with Crippen LogP contribution in [0.4, 0.5) is 0 Å². The Labute approximate surface area is 140 Å². The van der Waals surface area contributed by atoms with Crippen molar-refractivity contribution in [2.75, 3.05) is 13.1 Å². The summed E-state index contributed by atoms with van der Waals surface area (Å²) < 4.78 is 5.81. The standard InChI is InChI=1S/C19H32N2O2/c1-12-10-21(11-13(2)23-12)14(3)18(22)20-19-7-15-4-16(8-19)6-17(5-15)9-19/h12-17H,4-11H2,1-3H3,(H,20,22)/t12-,13+,14-,15?,16?,17?,19?/m0/s1. The molecule has 0 aromatic heterocycles. The molecule has 5 fully saturated rings. The van der Waals surface area contributed by atoms with Crippen LogP contribution in [0.15, 0.2) is 0 Å². The number of hydrogen-bond donors (Lipinski definition) is 1. The molecule has 23 heavy (non-hydrogen) atoms. The first-order valence-corrected chi connectivity index (χ1v) is 9.64. The van der Waals surface area contributed by atoms with Crippen LogP contribution in [0.5, 0.6) is 0 Å². The molecule has 3 atom stereocenters. The highest BCUT2D eigenvalue weighted by Gasteiger charge is 2.51. The van der Waals surface area contributed by atoms with Crippen molar-refractivity contribution in [1.82, 2.24) is 10.2 Å². The Balaban J connectivity index is 1.41. The van der Waals surface area contributed by atoms with Crippen LogP contribution < -0.4 is 5.32 Å². The lowest BCUT2D eigenvalue weighted by Crippen LogP contribution is -2.63. The smallest absolute Gasteiger partial charge is 0.237 e. The summed E-state index contributed by atoms with van der Waals surface area (Å²) in [4.78, 5) is 15.2. The molecule has 1 heterocycles. The molecular formula is C19H32N2O2. The van der Waals surface area contributed by atoms with Gasteiger partial charge in [-0.25, -0.2) is 0 Å². The van der Waals surface area contributed by atoms with Crippen LogP contribution in [-0.2, 0) is 9.53 Å². The molecule has 0 unspecified atom stereocenters. The first-order valence-electron chi connectivity index (χ1n) is 9.64. The van der Waals surface area contributed by atoms with Crippen LogP contribution in [0.3, 0.4) is 0 Å². The molecule has 4 heteroatoms. The highest BCUT2D eigenvalue weighted by molar-refractivity contribution is 5.82. The summed E-state index contributed by atoms with van der Waals surface area (Å²) in [7, 11) is 0. The second-order valence-electron chi connectivity index (χ2n) is 9.07. The molecule has 1 amide bonds. The summed E-state index contributed by atoms with van der Waals surface area (Å²) in [6.45, 7) is 8.00. The maximum absolute atomic E-state index is 12.9. The lowest BCUT2D eigenvalue weighted by Gasteiger charge is -2.57. The Bertz CT molecular complexity index is 433. The van der Waals surface area contributed by atoms with Crippen molar-refractivity contribution < 1.29 is 9.53 Å². The normalized spacial score (nSPS) is 47.5. The summed E-state index contributed by atoms with van der Waals surface area (Å²) in [6.07, 6.45) is 8.38. The van der Waals surface area contributed by atoms with Crippen molar-refractivity contribution in [3.05, 3.63) is 0 Å². The Morgan fingerprint density at radius 3 is 2.00 bits per heavy atom. The van der Waals surface area contributed by atoms with Gasteiger partial charge in [0.15, 0.2) is 0 Å². The molecule has 4 saturated carbocycles. The fraction of sp³-hybridized carbons (Fsp3) is 0.947. The topological polar surface area (TPSA) is 41.6 Å². The van der Waals surface area contributed by atoms with Gasteiger partial charge in [-0.3, -0.25) is 9.69 Å².